The third-order valence-electron chi connectivity index (χ3n) is 4.46. The molecule has 1 heterocycles. The molecule has 0 radical (unpaired) electrons. The molecule has 1 N–H and O–H groups in total. The Balaban J connectivity index is 1.62. The number of carbonyl (C=O) groups is 2. The fourth-order valence-corrected chi connectivity index (χ4v) is 3.31. The van der Waals surface area contributed by atoms with Crippen molar-refractivity contribution >= 4 is 46.8 Å². The summed E-state index contributed by atoms with van der Waals surface area (Å²) in [6.07, 6.45) is 1.75. The van der Waals surface area contributed by atoms with E-state index in [1.165, 1.54) is 19.1 Å². The first-order chi connectivity index (χ1) is 14.8. The van der Waals surface area contributed by atoms with Crippen molar-refractivity contribution in [1.29, 1.82) is 0 Å². The number of nitrogens with one attached hydrogen (secondary N) is 1. The summed E-state index contributed by atoms with van der Waals surface area (Å²) >= 11 is 12.5. The lowest BCUT2D eigenvalue weighted by Gasteiger charge is -2.13. The molecule has 160 valence electrons. The number of benzene rings is 2. The lowest BCUT2D eigenvalue weighted by atomic mass is 10.2. The number of aromatic nitrogens is 2. The highest BCUT2D eigenvalue weighted by atomic mass is 35.5. The number of aryl methyl sites for hydroxylation is 1. The Morgan fingerprint density at radius 1 is 1.13 bits per heavy atom. The van der Waals surface area contributed by atoms with E-state index >= 15 is 0 Å². The minimum Gasteiger partial charge on any atom is -0.449 e. The van der Waals surface area contributed by atoms with Gasteiger partial charge in [0.15, 0.2) is 6.10 Å². The highest BCUT2D eigenvalue weighted by Crippen LogP contribution is 2.23. The summed E-state index contributed by atoms with van der Waals surface area (Å²) < 4.78 is 6.84. The Kier molecular flexibility index (Phi) is 7.50. The predicted molar refractivity (Wildman–Crippen MR) is 122 cm³/mol. The van der Waals surface area contributed by atoms with Crippen molar-refractivity contribution in [2.45, 2.75) is 26.5 Å². The zero-order valence-corrected chi connectivity index (χ0v) is 18.5. The van der Waals surface area contributed by atoms with Crippen molar-refractivity contribution in [3.8, 4) is 0 Å². The lowest BCUT2D eigenvalue weighted by molar-refractivity contribution is -0.148. The van der Waals surface area contributed by atoms with Crippen LogP contribution in [0.15, 0.2) is 60.7 Å². The summed E-state index contributed by atoms with van der Waals surface area (Å²) in [7, 11) is 0. The molecule has 0 saturated carbocycles. The minimum absolute atomic E-state index is 0.395. The maximum absolute atomic E-state index is 12.3. The Bertz CT molecular complexity index is 1110. The number of nitrogens with zero attached hydrogens (tertiary/aromatic N) is 2. The number of para-hydroxylation sites is 1. The van der Waals surface area contributed by atoms with Gasteiger partial charge in [-0.3, -0.25) is 4.79 Å². The van der Waals surface area contributed by atoms with Crippen molar-refractivity contribution < 1.29 is 14.3 Å². The fraction of sp³-hybridized carbons (Fsp3) is 0.174. The van der Waals surface area contributed by atoms with Gasteiger partial charge in [-0.25, -0.2) is 9.48 Å². The average molecular weight is 458 g/mol. The topological polar surface area (TPSA) is 73.2 Å². The molecule has 0 bridgehead atoms. The number of carbonyl (C=O) groups excluding carboxylic acids is 2. The molecule has 1 amide bonds. The summed E-state index contributed by atoms with van der Waals surface area (Å²) in [5.74, 6) is -1.16. The quantitative estimate of drug-likeness (QED) is 0.394. The van der Waals surface area contributed by atoms with Crippen LogP contribution < -0.4 is 5.32 Å². The lowest BCUT2D eigenvalue weighted by Crippen LogP contribution is -2.29. The van der Waals surface area contributed by atoms with Crippen LogP contribution in [0.4, 0.5) is 5.69 Å². The van der Waals surface area contributed by atoms with Gasteiger partial charge in [-0.2, -0.15) is 5.10 Å². The zero-order chi connectivity index (χ0) is 22.4. The number of halogens is 2. The van der Waals surface area contributed by atoms with Crippen LogP contribution in [0.2, 0.25) is 10.2 Å². The van der Waals surface area contributed by atoms with E-state index in [2.05, 4.69) is 10.4 Å². The molecule has 2 aromatic carbocycles. The van der Waals surface area contributed by atoms with Crippen molar-refractivity contribution in [2.75, 3.05) is 5.32 Å². The van der Waals surface area contributed by atoms with Crippen molar-refractivity contribution in [1.82, 2.24) is 9.78 Å². The van der Waals surface area contributed by atoms with Gasteiger partial charge >= 0.3 is 5.97 Å². The molecule has 0 aliphatic carbocycles. The summed E-state index contributed by atoms with van der Waals surface area (Å²) in [4.78, 5) is 24.4. The summed E-state index contributed by atoms with van der Waals surface area (Å²) in [6, 6.07) is 16.6. The monoisotopic (exact) mass is 457 g/mol. The van der Waals surface area contributed by atoms with Crippen molar-refractivity contribution in [3.63, 3.8) is 0 Å². The second-order valence-corrected chi connectivity index (χ2v) is 7.58. The summed E-state index contributed by atoms with van der Waals surface area (Å²) in [5.41, 5.74) is 2.79. The number of ether oxygens (including phenoxy) is 1. The van der Waals surface area contributed by atoms with E-state index in [1.54, 1.807) is 35.9 Å². The minimum atomic E-state index is -1.01. The molecule has 6 nitrogen and oxygen atoms in total. The standard InChI is InChI=1S/C23H21Cl2N3O3/c1-15-18(22(25)28(27-15)14-17-8-4-3-5-9-17)12-13-21(29)31-16(2)23(30)26-20-11-7-6-10-19(20)24/h3-13,16H,14H2,1-2H3,(H,26,30)/b13-12+. The molecule has 3 rings (SSSR count). The molecule has 0 saturated heterocycles. The highest BCUT2D eigenvalue weighted by Gasteiger charge is 2.18. The molecular weight excluding hydrogens is 437 g/mol. The van der Waals surface area contributed by atoms with E-state index in [0.717, 1.165) is 5.56 Å². The normalized spacial score (nSPS) is 12.0. The molecule has 1 aromatic heterocycles. The molecule has 0 spiro atoms. The summed E-state index contributed by atoms with van der Waals surface area (Å²) in [5, 5.41) is 7.87. The van der Waals surface area contributed by atoms with E-state index < -0.39 is 18.0 Å². The highest BCUT2D eigenvalue weighted by molar-refractivity contribution is 6.33. The molecule has 1 unspecified atom stereocenters. The van der Waals surface area contributed by atoms with E-state index in [1.807, 2.05) is 30.3 Å². The molecular formula is C23H21Cl2N3O3. The van der Waals surface area contributed by atoms with Crippen LogP contribution in [-0.4, -0.2) is 27.8 Å². The van der Waals surface area contributed by atoms with Gasteiger partial charge in [0.2, 0.25) is 0 Å². The summed E-state index contributed by atoms with van der Waals surface area (Å²) in [6.45, 7) is 3.80. The maximum Gasteiger partial charge on any atom is 0.331 e. The maximum atomic E-state index is 12.3. The van der Waals surface area contributed by atoms with Gasteiger partial charge in [-0.15, -0.1) is 0 Å². The van der Waals surface area contributed by atoms with Gasteiger partial charge in [0.05, 0.1) is 22.9 Å². The van der Waals surface area contributed by atoms with Gasteiger partial charge in [0, 0.05) is 11.6 Å². The molecule has 0 aliphatic rings. The number of esters is 1. The second kappa shape index (κ2) is 10.3. The second-order valence-electron chi connectivity index (χ2n) is 6.81. The SMILES string of the molecule is Cc1nn(Cc2ccccc2)c(Cl)c1/C=C/C(=O)OC(C)C(=O)Nc1ccccc1Cl. The van der Waals surface area contributed by atoms with Crippen LogP contribution in [0.5, 0.6) is 0 Å². The smallest absolute Gasteiger partial charge is 0.331 e. The number of amides is 1. The van der Waals surface area contributed by atoms with E-state index in [-0.39, 0.29) is 0 Å². The van der Waals surface area contributed by atoms with Gasteiger partial charge in [-0.05, 0) is 37.6 Å². The largest absolute Gasteiger partial charge is 0.449 e. The van der Waals surface area contributed by atoms with Crippen LogP contribution in [0.1, 0.15) is 23.7 Å². The van der Waals surface area contributed by atoms with Crippen LogP contribution in [-0.2, 0) is 20.9 Å². The van der Waals surface area contributed by atoms with Gasteiger partial charge in [0.25, 0.3) is 5.91 Å². The number of hydrogen-bond acceptors (Lipinski definition) is 4. The number of anilines is 1. The first-order valence-electron chi connectivity index (χ1n) is 9.56. The third kappa shape index (κ3) is 5.96. The predicted octanol–water partition coefficient (Wildman–Crippen LogP) is 5.13. The Morgan fingerprint density at radius 3 is 2.52 bits per heavy atom. The molecule has 0 aliphatic heterocycles. The zero-order valence-electron chi connectivity index (χ0n) is 17.0. The molecule has 8 heteroatoms. The average Bonchev–Trinajstić information content (AvgIpc) is 3.01. The van der Waals surface area contributed by atoms with E-state index in [4.69, 9.17) is 27.9 Å². The number of hydrogen-bond donors (Lipinski definition) is 1. The van der Waals surface area contributed by atoms with Gasteiger partial charge in [-0.1, -0.05) is 65.7 Å². The van der Waals surface area contributed by atoms with Crippen LogP contribution in [0.25, 0.3) is 6.08 Å². The first kappa shape index (κ1) is 22.6. The number of rotatable bonds is 7. The molecule has 1 atom stereocenters. The van der Waals surface area contributed by atoms with E-state index in [0.29, 0.717) is 33.7 Å². The van der Waals surface area contributed by atoms with Crippen LogP contribution in [0, 0.1) is 6.92 Å². The van der Waals surface area contributed by atoms with Crippen molar-refractivity contribution in [3.05, 3.63) is 87.7 Å². The molecule has 31 heavy (non-hydrogen) atoms. The van der Waals surface area contributed by atoms with Crippen LogP contribution in [0.3, 0.4) is 0 Å². The Hall–Kier alpha value is -3.09. The Labute approximate surface area is 190 Å². The molecule has 0 fully saturated rings. The van der Waals surface area contributed by atoms with Gasteiger partial charge in [0.1, 0.15) is 5.15 Å². The Morgan fingerprint density at radius 2 is 1.81 bits per heavy atom. The van der Waals surface area contributed by atoms with Crippen molar-refractivity contribution in [2.24, 2.45) is 0 Å². The van der Waals surface area contributed by atoms with Crippen LogP contribution >= 0.6 is 23.2 Å². The van der Waals surface area contributed by atoms with Gasteiger partial charge < -0.3 is 10.1 Å². The molecule has 3 aromatic rings. The first-order valence-corrected chi connectivity index (χ1v) is 10.3. The third-order valence-corrected chi connectivity index (χ3v) is 5.19. The fourth-order valence-electron chi connectivity index (χ4n) is 2.83. The van der Waals surface area contributed by atoms with E-state index in [9.17, 15) is 9.59 Å².